The lowest BCUT2D eigenvalue weighted by molar-refractivity contribution is -0.137. The highest BCUT2D eigenvalue weighted by atomic mass is 32.2. The van der Waals surface area contributed by atoms with Gasteiger partial charge in [-0.15, -0.1) is 0 Å². The number of nitrogens with one attached hydrogen (secondary N) is 1. The zero-order valence-electron chi connectivity index (χ0n) is 21.6. The van der Waals surface area contributed by atoms with Crippen molar-refractivity contribution >= 4 is 57.7 Å². The van der Waals surface area contributed by atoms with Crippen LogP contribution in [0.5, 0.6) is 0 Å². The summed E-state index contributed by atoms with van der Waals surface area (Å²) in [6, 6.07) is 8.94. The van der Waals surface area contributed by atoms with Crippen molar-refractivity contribution in [2.45, 2.75) is 64.3 Å². The number of aliphatic carboxylic acids is 1. The van der Waals surface area contributed by atoms with E-state index in [2.05, 4.69) is 10.3 Å². The first-order chi connectivity index (χ1) is 18.9. The topological polar surface area (TPSA) is 117 Å². The van der Waals surface area contributed by atoms with Crippen molar-refractivity contribution in [2.75, 3.05) is 11.9 Å². The van der Waals surface area contributed by atoms with Crippen molar-refractivity contribution in [1.29, 1.82) is 0 Å². The Bertz CT molecular complexity index is 1400. The number of furan rings is 1. The number of nitrogens with zero attached hydrogens (tertiary/aromatic N) is 3. The summed E-state index contributed by atoms with van der Waals surface area (Å²) in [7, 11) is 0. The Labute approximate surface area is 236 Å². The molecule has 0 radical (unpaired) electrons. The maximum absolute atomic E-state index is 13.4. The van der Waals surface area contributed by atoms with Gasteiger partial charge in [0.2, 0.25) is 0 Å². The fourth-order valence-corrected chi connectivity index (χ4v) is 5.67. The number of thioether (sulfide) groups is 1. The van der Waals surface area contributed by atoms with Crippen LogP contribution in [-0.4, -0.2) is 42.1 Å². The van der Waals surface area contributed by atoms with Crippen LogP contribution in [0.25, 0.3) is 11.7 Å². The van der Waals surface area contributed by atoms with E-state index in [1.165, 1.54) is 16.2 Å². The second kappa shape index (κ2) is 14.1. The van der Waals surface area contributed by atoms with Gasteiger partial charge in [-0.2, -0.15) is 0 Å². The van der Waals surface area contributed by atoms with Gasteiger partial charge < -0.3 is 14.8 Å². The lowest BCUT2D eigenvalue weighted by atomic mass is 10.1. The number of anilines is 1. The number of hydrogen-bond donors (Lipinski definition) is 2. The zero-order valence-corrected chi connectivity index (χ0v) is 23.3. The minimum Gasteiger partial charge on any atom is -0.481 e. The van der Waals surface area contributed by atoms with Crippen LogP contribution in [0, 0.1) is 0 Å². The Hall–Kier alpha value is -3.44. The van der Waals surface area contributed by atoms with Crippen molar-refractivity contribution in [1.82, 2.24) is 14.3 Å². The van der Waals surface area contributed by atoms with Crippen molar-refractivity contribution in [3.8, 4) is 0 Å². The van der Waals surface area contributed by atoms with Gasteiger partial charge in [0.05, 0.1) is 23.3 Å². The van der Waals surface area contributed by atoms with E-state index < -0.39 is 5.97 Å². The number of unbranched alkanes of at least 4 members (excludes halogenated alkanes) is 7. The predicted octanol–water partition coefficient (Wildman–Crippen LogP) is 5.70. The number of rotatable bonds is 15. The molecule has 3 aromatic heterocycles. The number of fused-ring (bicyclic) bond motifs is 1. The average Bonchev–Trinajstić information content (AvgIpc) is 3.53. The molecule has 0 atom stereocenters. The number of amides is 1. The van der Waals surface area contributed by atoms with E-state index in [0.717, 1.165) is 51.4 Å². The highest BCUT2D eigenvalue weighted by Gasteiger charge is 2.32. The molecular formula is C28H32N4O5S2. The lowest BCUT2D eigenvalue weighted by Crippen LogP contribution is -2.29. The van der Waals surface area contributed by atoms with Gasteiger partial charge in [-0.1, -0.05) is 68.6 Å². The molecule has 0 saturated carbocycles. The molecule has 0 aliphatic carbocycles. The molecule has 206 valence electrons. The summed E-state index contributed by atoms with van der Waals surface area (Å²) < 4.78 is 7.34. The van der Waals surface area contributed by atoms with Crippen molar-refractivity contribution < 1.29 is 19.1 Å². The highest BCUT2D eigenvalue weighted by molar-refractivity contribution is 8.26. The SMILES string of the molecule is O=C(O)CCCCCCCCCCN1C(=O)/C(=C/c2c(NCc3ccco3)nc3ccccn3c2=O)SC1=S. The van der Waals surface area contributed by atoms with Crippen LogP contribution < -0.4 is 10.9 Å². The summed E-state index contributed by atoms with van der Waals surface area (Å²) in [5, 5.41) is 11.9. The molecule has 0 aromatic carbocycles. The van der Waals surface area contributed by atoms with E-state index in [4.69, 9.17) is 21.7 Å². The molecule has 0 spiro atoms. The first kappa shape index (κ1) is 28.6. The Kier molecular flexibility index (Phi) is 10.3. The van der Waals surface area contributed by atoms with Gasteiger partial charge in [-0.05, 0) is 43.2 Å². The molecule has 39 heavy (non-hydrogen) atoms. The molecule has 0 unspecified atom stereocenters. The summed E-state index contributed by atoms with van der Waals surface area (Å²) >= 11 is 6.70. The van der Waals surface area contributed by atoms with Crippen LogP contribution in [0.15, 0.2) is 56.9 Å². The summed E-state index contributed by atoms with van der Waals surface area (Å²) in [5.74, 6) is 0.137. The van der Waals surface area contributed by atoms with E-state index in [9.17, 15) is 14.4 Å². The summed E-state index contributed by atoms with van der Waals surface area (Å²) in [6.07, 6.45) is 12.9. The van der Waals surface area contributed by atoms with Crippen molar-refractivity contribution in [3.63, 3.8) is 0 Å². The monoisotopic (exact) mass is 568 g/mol. The molecule has 1 aliphatic heterocycles. The minimum absolute atomic E-state index is 0.196. The van der Waals surface area contributed by atoms with Gasteiger partial charge in [-0.25, -0.2) is 4.98 Å². The fraction of sp³-hybridized carbons (Fsp3) is 0.393. The molecule has 1 fully saturated rings. The Morgan fingerprint density at radius 2 is 1.79 bits per heavy atom. The van der Waals surface area contributed by atoms with E-state index in [1.54, 1.807) is 41.6 Å². The lowest BCUT2D eigenvalue weighted by Gasteiger charge is -2.14. The second-order valence-corrected chi connectivity index (χ2v) is 11.0. The van der Waals surface area contributed by atoms with Crippen molar-refractivity contribution in [3.05, 3.63) is 69.4 Å². The first-order valence-electron chi connectivity index (χ1n) is 13.2. The molecule has 9 nitrogen and oxygen atoms in total. The van der Waals surface area contributed by atoms with Gasteiger partial charge in [0.25, 0.3) is 11.5 Å². The smallest absolute Gasteiger partial charge is 0.303 e. The average molecular weight is 569 g/mol. The molecule has 1 saturated heterocycles. The number of hydrogen-bond acceptors (Lipinski definition) is 8. The van der Waals surface area contributed by atoms with E-state index in [-0.39, 0.29) is 23.5 Å². The maximum Gasteiger partial charge on any atom is 0.303 e. The Balaban J connectivity index is 1.36. The molecule has 2 N–H and O–H groups in total. The van der Waals surface area contributed by atoms with E-state index in [0.29, 0.717) is 39.5 Å². The number of carboxylic acid groups (broad SMARTS) is 1. The number of aromatic nitrogens is 2. The van der Waals surface area contributed by atoms with Gasteiger partial charge >= 0.3 is 5.97 Å². The van der Waals surface area contributed by atoms with Gasteiger partial charge in [-0.3, -0.25) is 23.7 Å². The van der Waals surface area contributed by atoms with E-state index in [1.807, 2.05) is 12.1 Å². The number of carbonyl (C=O) groups excluding carboxylic acids is 1. The van der Waals surface area contributed by atoms with Crippen LogP contribution >= 0.6 is 24.0 Å². The van der Waals surface area contributed by atoms with Gasteiger partial charge in [0.1, 0.15) is 21.5 Å². The van der Waals surface area contributed by atoms with Crippen LogP contribution in [0.3, 0.4) is 0 Å². The quantitative estimate of drug-likeness (QED) is 0.135. The summed E-state index contributed by atoms with van der Waals surface area (Å²) in [6.45, 7) is 0.881. The van der Waals surface area contributed by atoms with E-state index >= 15 is 0 Å². The molecule has 3 aromatic rings. The Morgan fingerprint density at radius 1 is 1.05 bits per heavy atom. The number of carboxylic acids is 1. The molecule has 0 bridgehead atoms. The third-order valence-electron chi connectivity index (χ3n) is 6.45. The van der Waals surface area contributed by atoms with Crippen LogP contribution in [-0.2, 0) is 16.1 Å². The first-order valence-corrected chi connectivity index (χ1v) is 14.4. The molecule has 1 amide bonds. The summed E-state index contributed by atoms with van der Waals surface area (Å²) in [5.41, 5.74) is 0.499. The van der Waals surface area contributed by atoms with Gasteiger partial charge in [0.15, 0.2) is 0 Å². The standard InChI is InChI=1S/C28H32N4O5S2/c33-24(34)14-7-5-3-1-2-4-6-9-16-32-27(36)22(39-28(32)38)18-21-25(29-19-20-12-11-17-37-20)30-23-13-8-10-15-31(23)26(21)35/h8,10-13,15,17-18,29H,1-7,9,14,16,19H2,(H,33,34)/b22-18-. The van der Waals surface area contributed by atoms with Crippen molar-refractivity contribution in [2.24, 2.45) is 0 Å². The van der Waals surface area contributed by atoms with Crippen LogP contribution in [0.4, 0.5) is 5.82 Å². The van der Waals surface area contributed by atoms with Gasteiger partial charge in [0, 0.05) is 19.2 Å². The van der Waals surface area contributed by atoms with Crippen LogP contribution in [0.2, 0.25) is 0 Å². The molecular weight excluding hydrogens is 536 g/mol. The number of thiocarbonyl (C=S) groups is 1. The fourth-order valence-electron chi connectivity index (χ4n) is 4.38. The largest absolute Gasteiger partial charge is 0.481 e. The molecule has 1 aliphatic rings. The third kappa shape index (κ3) is 7.79. The maximum atomic E-state index is 13.4. The molecule has 11 heteroatoms. The van der Waals surface area contributed by atoms with Crippen LogP contribution in [0.1, 0.15) is 69.1 Å². The minimum atomic E-state index is -0.732. The molecule has 4 heterocycles. The number of carbonyl (C=O) groups is 2. The summed E-state index contributed by atoms with van der Waals surface area (Å²) in [4.78, 5) is 43.8. The predicted molar refractivity (Wildman–Crippen MR) is 157 cm³/mol. The number of pyridine rings is 1. The normalized spacial score (nSPS) is 14.6. The molecule has 4 rings (SSSR count). The highest BCUT2D eigenvalue weighted by Crippen LogP contribution is 2.33. The third-order valence-corrected chi connectivity index (χ3v) is 7.83. The second-order valence-electron chi connectivity index (χ2n) is 9.35. The Morgan fingerprint density at radius 3 is 2.51 bits per heavy atom. The zero-order chi connectivity index (χ0) is 27.6.